The number of phenolic OH excluding ortho intramolecular Hbond substituents is 1. The predicted molar refractivity (Wildman–Crippen MR) is 104 cm³/mol. The van der Waals surface area contributed by atoms with Gasteiger partial charge in [-0.05, 0) is 49.7 Å². The van der Waals surface area contributed by atoms with Gasteiger partial charge in [0.25, 0.3) is 0 Å². The molecule has 27 heavy (non-hydrogen) atoms. The van der Waals surface area contributed by atoms with E-state index >= 15 is 0 Å². The van der Waals surface area contributed by atoms with E-state index in [1.807, 2.05) is 31.2 Å². The Labute approximate surface area is 156 Å². The van der Waals surface area contributed by atoms with Crippen LogP contribution in [0.15, 0.2) is 60.7 Å². The van der Waals surface area contributed by atoms with Gasteiger partial charge >= 0.3 is 5.97 Å². The molecule has 0 saturated carbocycles. The van der Waals surface area contributed by atoms with Gasteiger partial charge in [0.2, 0.25) is 0 Å². The number of anilines is 2. The second-order valence-corrected chi connectivity index (χ2v) is 6.36. The summed E-state index contributed by atoms with van der Waals surface area (Å²) in [6, 6.07) is 16.9. The largest absolute Gasteiger partial charge is 0.507 e. The summed E-state index contributed by atoms with van der Waals surface area (Å²) in [5, 5.41) is 22.9. The maximum Gasteiger partial charge on any atom is 0.336 e. The fourth-order valence-electron chi connectivity index (χ4n) is 2.85. The van der Waals surface area contributed by atoms with Crippen molar-refractivity contribution in [2.24, 2.45) is 0 Å². The Morgan fingerprint density at radius 1 is 0.852 bits per heavy atom. The minimum atomic E-state index is -1.18. The molecule has 5 heteroatoms. The summed E-state index contributed by atoms with van der Waals surface area (Å²) >= 11 is 0. The summed E-state index contributed by atoms with van der Waals surface area (Å²) < 4.78 is 0. The van der Waals surface area contributed by atoms with E-state index in [-0.39, 0.29) is 22.4 Å². The van der Waals surface area contributed by atoms with Crippen molar-refractivity contribution in [3.05, 3.63) is 88.5 Å². The van der Waals surface area contributed by atoms with Gasteiger partial charge in [-0.25, -0.2) is 4.79 Å². The number of phenols is 1. The summed E-state index contributed by atoms with van der Waals surface area (Å²) in [5.74, 6) is -1.93. The Bertz CT molecular complexity index is 1040. The van der Waals surface area contributed by atoms with Gasteiger partial charge < -0.3 is 15.5 Å². The molecule has 0 aliphatic rings. The third-order valence-electron chi connectivity index (χ3n) is 4.32. The Morgan fingerprint density at radius 2 is 1.56 bits per heavy atom. The number of hydrogen-bond acceptors (Lipinski definition) is 4. The molecule has 0 saturated heterocycles. The van der Waals surface area contributed by atoms with Crippen LogP contribution in [0.5, 0.6) is 5.75 Å². The molecule has 3 N–H and O–H groups in total. The molecule has 0 aromatic heterocycles. The highest BCUT2D eigenvalue weighted by atomic mass is 16.4. The first kappa shape index (κ1) is 18.2. The number of rotatable bonds is 5. The van der Waals surface area contributed by atoms with E-state index in [0.29, 0.717) is 5.69 Å². The molecule has 136 valence electrons. The summed E-state index contributed by atoms with van der Waals surface area (Å²) in [7, 11) is 0. The van der Waals surface area contributed by atoms with Crippen molar-refractivity contribution in [3.63, 3.8) is 0 Å². The number of carboxylic acid groups (broad SMARTS) is 1. The van der Waals surface area contributed by atoms with Crippen molar-refractivity contribution in [3.8, 4) is 5.75 Å². The van der Waals surface area contributed by atoms with Crippen molar-refractivity contribution in [1.29, 1.82) is 0 Å². The molecule has 5 nitrogen and oxygen atoms in total. The molecule has 0 aliphatic carbocycles. The highest BCUT2D eigenvalue weighted by molar-refractivity contribution is 6.15. The van der Waals surface area contributed by atoms with Crippen LogP contribution in [-0.4, -0.2) is 22.0 Å². The molecule has 0 atom stereocenters. The van der Waals surface area contributed by atoms with E-state index in [2.05, 4.69) is 5.32 Å². The highest BCUT2D eigenvalue weighted by Gasteiger charge is 2.20. The predicted octanol–water partition coefficient (Wildman–Crippen LogP) is 4.68. The van der Waals surface area contributed by atoms with Crippen molar-refractivity contribution in [2.75, 3.05) is 5.32 Å². The first-order valence-electron chi connectivity index (χ1n) is 8.41. The fourth-order valence-corrected chi connectivity index (χ4v) is 2.85. The van der Waals surface area contributed by atoms with Gasteiger partial charge in [0.15, 0.2) is 5.78 Å². The number of aromatic carboxylic acids is 1. The van der Waals surface area contributed by atoms with E-state index in [0.717, 1.165) is 16.8 Å². The first-order valence-corrected chi connectivity index (χ1v) is 8.41. The number of aryl methyl sites for hydroxylation is 2. The van der Waals surface area contributed by atoms with Crippen molar-refractivity contribution in [1.82, 2.24) is 0 Å². The van der Waals surface area contributed by atoms with Crippen LogP contribution in [0.4, 0.5) is 11.4 Å². The number of carbonyl (C=O) groups is 2. The van der Waals surface area contributed by atoms with Crippen LogP contribution in [-0.2, 0) is 0 Å². The van der Waals surface area contributed by atoms with Crippen molar-refractivity contribution < 1.29 is 19.8 Å². The summed E-state index contributed by atoms with van der Waals surface area (Å²) in [6.07, 6.45) is 0. The van der Waals surface area contributed by atoms with Gasteiger partial charge in [-0.15, -0.1) is 0 Å². The zero-order chi connectivity index (χ0) is 19.6. The lowest BCUT2D eigenvalue weighted by Gasteiger charge is -2.12. The quantitative estimate of drug-likeness (QED) is 0.574. The van der Waals surface area contributed by atoms with E-state index in [4.69, 9.17) is 0 Å². The second kappa shape index (κ2) is 7.33. The zero-order valence-corrected chi connectivity index (χ0v) is 15.0. The molecule has 0 radical (unpaired) electrons. The number of aromatic hydroxyl groups is 1. The van der Waals surface area contributed by atoms with Crippen LogP contribution in [0.3, 0.4) is 0 Å². The lowest BCUT2D eigenvalue weighted by Crippen LogP contribution is -2.10. The molecule has 3 aromatic carbocycles. The van der Waals surface area contributed by atoms with Crippen LogP contribution in [0.25, 0.3) is 0 Å². The number of benzene rings is 3. The molecule has 0 amide bonds. The third kappa shape index (κ3) is 3.82. The molecule has 0 bridgehead atoms. The number of hydrogen-bond donors (Lipinski definition) is 3. The van der Waals surface area contributed by atoms with E-state index in [1.165, 1.54) is 24.3 Å². The normalized spacial score (nSPS) is 10.4. The molecule has 0 unspecified atom stereocenters. The zero-order valence-electron chi connectivity index (χ0n) is 15.0. The topological polar surface area (TPSA) is 86.6 Å². The monoisotopic (exact) mass is 361 g/mol. The maximum atomic E-state index is 12.8. The van der Waals surface area contributed by atoms with E-state index in [9.17, 15) is 19.8 Å². The van der Waals surface area contributed by atoms with E-state index in [1.54, 1.807) is 19.1 Å². The fraction of sp³-hybridized carbons (Fsp3) is 0.0909. The molecule has 0 spiro atoms. The summed E-state index contributed by atoms with van der Waals surface area (Å²) in [6.45, 7) is 3.74. The number of ketones is 1. The maximum absolute atomic E-state index is 12.8. The van der Waals surface area contributed by atoms with Crippen molar-refractivity contribution >= 4 is 23.1 Å². The molecular weight excluding hydrogens is 342 g/mol. The molecule has 3 rings (SSSR count). The minimum Gasteiger partial charge on any atom is -0.507 e. The molecule has 0 aliphatic heterocycles. The first-order chi connectivity index (χ1) is 12.9. The third-order valence-corrected chi connectivity index (χ3v) is 4.32. The van der Waals surface area contributed by atoms with Gasteiger partial charge in [-0.1, -0.05) is 29.8 Å². The molecule has 0 heterocycles. The number of nitrogens with one attached hydrogen (secondary N) is 1. The van der Waals surface area contributed by atoms with Crippen LogP contribution in [0.2, 0.25) is 0 Å². The Hall–Kier alpha value is -3.60. The Balaban J connectivity index is 1.95. The number of carbonyl (C=O) groups excluding carboxylic acids is 1. The van der Waals surface area contributed by atoms with Crippen molar-refractivity contribution in [2.45, 2.75) is 13.8 Å². The minimum absolute atomic E-state index is 0.0532. The van der Waals surface area contributed by atoms with Gasteiger partial charge in [0, 0.05) is 23.0 Å². The smallest absolute Gasteiger partial charge is 0.336 e. The molecule has 3 aromatic rings. The van der Waals surface area contributed by atoms with Crippen LogP contribution < -0.4 is 5.32 Å². The highest BCUT2D eigenvalue weighted by Crippen LogP contribution is 2.28. The van der Waals surface area contributed by atoms with Crippen LogP contribution in [0.1, 0.15) is 37.4 Å². The number of carboxylic acids is 1. The van der Waals surface area contributed by atoms with Gasteiger partial charge in [0.05, 0.1) is 11.1 Å². The standard InChI is InChI=1S/C22H19NO4/c1-13-7-9-16(22(26)27)18(11-13)21(25)17-10-8-15(12-20(17)24)23-19-6-4-3-5-14(19)2/h3-12,23-24H,1-2H3,(H,26,27). The van der Waals surface area contributed by atoms with Crippen LogP contribution >= 0.6 is 0 Å². The summed E-state index contributed by atoms with van der Waals surface area (Å²) in [5.41, 5.74) is 3.34. The average molecular weight is 361 g/mol. The van der Waals surface area contributed by atoms with Gasteiger partial charge in [0.1, 0.15) is 5.75 Å². The molecule has 0 fully saturated rings. The van der Waals surface area contributed by atoms with Gasteiger partial charge in [-0.2, -0.15) is 0 Å². The average Bonchev–Trinajstić information content (AvgIpc) is 2.63. The second-order valence-electron chi connectivity index (χ2n) is 6.36. The lowest BCUT2D eigenvalue weighted by atomic mass is 9.96. The molecular formula is C22H19NO4. The Morgan fingerprint density at radius 3 is 2.22 bits per heavy atom. The van der Waals surface area contributed by atoms with Crippen LogP contribution in [0, 0.1) is 13.8 Å². The van der Waals surface area contributed by atoms with Gasteiger partial charge in [-0.3, -0.25) is 4.79 Å². The Kier molecular flexibility index (Phi) is 4.94. The SMILES string of the molecule is Cc1ccc(C(=O)O)c(C(=O)c2ccc(Nc3ccccc3C)cc2O)c1. The lowest BCUT2D eigenvalue weighted by molar-refractivity contribution is 0.0692. The van der Waals surface area contributed by atoms with E-state index < -0.39 is 11.8 Å². The number of para-hydroxylation sites is 1. The summed E-state index contributed by atoms with van der Waals surface area (Å²) in [4.78, 5) is 24.2.